The molecule has 0 spiro atoms. The van der Waals surface area contributed by atoms with Gasteiger partial charge in [-0.2, -0.15) is 13.2 Å². The third-order valence-corrected chi connectivity index (χ3v) is 4.30. The van der Waals surface area contributed by atoms with Gasteiger partial charge in [-0.3, -0.25) is 0 Å². The maximum atomic E-state index is 13.2. The molecule has 1 saturated carbocycles. The topological polar surface area (TPSA) is 20.2 Å². The van der Waals surface area contributed by atoms with Gasteiger partial charge in [0.1, 0.15) is 5.82 Å². The largest absolute Gasteiger partial charge is 0.391 e. The van der Waals surface area contributed by atoms with Crippen molar-refractivity contribution < 1.29 is 22.7 Å². The Bertz CT molecular complexity index is 467. The molecule has 1 fully saturated rings. The fourth-order valence-electron chi connectivity index (χ4n) is 2.76. The first-order chi connectivity index (χ1) is 9.29. The number of hydrogen-bond acceptors (Lipinski definition) is 1. The molecule has 1 nitrogen and oxygen atoms in total. The standard InChI is InChI=1S/C14H15ClF4O/c15-12-6-5-10(16)7-11(12)13(20)8-1-3-9(4-2-8)14(17,18)19/h5-9,13,20H,1-4H2. The Labute approximate surface area is 119 Å². The predicted octanol–water partition coefficient (Wildman–Crippen LogP) is 4.88. The Hall–Kier alpha value is -0.810. The van der Waals surface area contributed by atoms with Gasteiger partial charge in [-0.25, -0.2) is 4.39 Å². The Balaban J connectivity index is 2.05. The second-order valence-corrected chi connectivity index (χ2v) is 5.67. The van der Waals surface area contributed by atoms with E-state index in [2.05, 4.69) is 0 Å². The molecule has 1 unspecified atom stereocenters. The average Bonchev–Trinajstić information content (AvgIpc) is 2.40. The Kier molecular flexibility index (Phi) is 4.59. The molecule has 1 aromatic rings. The van der Waals surface area contributed by atoms with Crippen molar-refractivity contribution in [2.75, 3.05) is 0 Å². The van der Waals surface area contributed by atoms with Crippen LogP contribution in [0.3, 0.4) is 0 Å². The lowest BCUT2D eigenvalue weighted by Gasteiger charge is -2.32. The molecule has 112 valence electrons. The van der Waals surface area contributed by atoms with E-state index in [1.165, 1.54) is 12.1 Å². The predicted molar refractivity (Wildman–Crippen MR) is 67.9 cm³/mol. The van der Waals surface area contributed by atoms with E-state index in [0.717, 1.165) is 6.07 Å². The van der Waals surface area contributed by atoms with Gasteiger partial charge in [0.2, 0.25) is 0 Å². The molecule has 2 rings (SSSR count). The number of alkyl halides is 3. The van der Waals surface area contributed by atoms with Gasteiger partial charge in [0, 0.05) is 10.6 Å². The van der Waals surface area contributed by atoms with E-state index in [9.17, 15) is 22.7 Å². The summed E-state index contributed by atoms with van der Waals surface area (Å²) in [4.78, 5) is 0. The average molecular weight is 311 g/mol. The Morgan fingerprint density at radius 1 is 1.15 bits per heavy atom. The van der Waals surface area contributed by atoms with E-state index >= 15 is 0 Å². The van der Waals surface area contributed by atoms with E-state index in [-0.39, 0.29) is 42.2 Å². The summed E-state index contributed by atoms with van der Waals surface area (Å²) in [7, 11) is 0. The van der Waals surface area contributed by atoms with Crippen molar-refractivity contribution in [3.63, 3.8) is 0 Å². The van der Waals surface area contributed by atoms with Crippen LogP contribution >= 0.6 is 11.6 Å². The van der Waals surface area contributed by atoms with E-state index < -0.39 is 24.0 Å². The first kappa shape index (κ1) is 15.6. The van der Waals surface area contributed by atoms with Crippen molar-refractivity contribution in [3.8, 4) is 0 Å². The molecule has 0 saturated heterocycles. The number of aliphatic hydroxyl groups is 1. The van der Waals surface area contributed by atoms with Gasteiger partial charge >= 0.3 is 6.18 Å². The van der Waals surface area contributed by atoms with Crippen molar-refractivity contribution in [3.05, 3.63) is 34.6 Å². The molecule has 0 amide bonds. The first-order valence-electron chi connectivity index (χ1n) is 6.48. The van der Waals surface area contributed by atoms with Crippen LogP contribution in [0.5, 0.6) is 0 Å². The lowest BCUT2D eigenvalue weighted by Crippen LogP contribution is -2.29. The van der Waals surface area contributed by atoms with Crippen LogP contribution in [0, 0.1) is 17.7 Å². The van der Waals surface area contributed by atoms with E-state index in [1.807, 2.05) is 0 Å². The number of rotatable bonds is 2. The van der Waals surface area contributed by atoms with E-state index in [1.54, 1.807) is 0 Å². The van der Waals surface area contributed by atoms with E-state index in [4.69, 9.17) is 11.6 Å². The summed E-state index contributed by atoms with van der Waals surface area (Å²) in [6.45, 7) is 0. The highest BCUT2D eigenvalue weighted by molar-refractivity contribution is 6.31. The summed E-state index contributed by atoms with van der Waals surface area (Å²) in [6, 6.07) is 3.67. The third kappa shape index (κ3) is 3.44. The SMILES string of the molecule is OC(c1cc(F)ccc1Cl)C1CCC(C(F)(F)F)CC1. The molecule has 0 aliphatic heterocycles. The van der Waals surface area contributed by atoms with E-state index in [0.29, 0.717) is 0 Å². The first-order valence-corrected chi connectivity index (χ1v) is 6.86. The van der Waals surface area contributed by atoms with Gasteiger partial charge in [0.25, 0.3) is 0 Å². The summed E-state index contributed by atoms with van der Waals surface area (Å²) >= 11 is 5.90. The fourth-order valence-corrected chi connectivity index (χ4v) is 2.99. The fraction of sp³-hybridized carbons (Fsp3) is 0.571. The number of halogens is 5. The minimum atomic E-state index is -4.17. The molecular weight excluding hydrogens is 296 g/mol. The molecular formula is C14H15ClF4O. The molecule has 0 bridgehead atoms. The molecule has 0 aromatic heterocycles. The summed E-state index contributed by atoms with van der Waals surface area (Å²) < 4.78 is 50.9. The zero-order valence-corrected chi connectivity index (χ0v) is 11.4. The molecule has 6 heteroatoms. The number of aliphatic hydroxyl groups excluding tert-OH is 1. The number of hydrogen-bond donors (Lipinski definition) is 1. The third-order valence-electron chi connectivity index (χ3n) is 3.96. The molecule has 1 aliphatic rings. The minimum absolute atomic E-state index is 0.00182. The minimum Gasteiger partial charge on any atom is -0.388 e. The van der Waals surface area contributed by atoms with Gasteiger partial charge in [-0.15, -0.1) is 0 Å². The van der Waals surface area contributed by atoms with Crippen molar-refractivity contribution >= 4 is 11.6 Å². The second-order valence-electron chi connectivity index (χ2n) is 5.26. The normalized spacial score (nSPS) is 25.5. The van der Waals surface area contributed by atoms with Crippen LogP contribution in [0.15, 0.2) is 18.2 Å². The second kappa shape index (κ2) is 5.90. The van der Waals surface area contributed by atoms with Crippen LogP contribution in [0.4, 0.5) is 17.6 Å². The zero-order valence-electron chi connectivity index (χ0n) is 10.6. The Morgan fingerprint density at radius 3 is 2.30 bits per heavy atom. The number of benzene rings is 1. The molecule has 1 atom stereocenters. The van der Waals surface area contributed by atoms with Crippen molar-refractivity contribution in [1.82, 2.24) is 0 Å². The molecule has 20 heavy (non-hydrogen) atoms. The maximum Gasteiger partial charge on any atom is 0.391 e. The van der Waals surface area contributed by atoms with Gasteiger partial charge in [0.05, 0.1) is 12.0 Å². The van der Waals surface area contributed by atoms with Gasteiger partial charge in [-0.05, 0) is 49.8 Å². The highest BCUT2D eigenvalue weighted by Crippen LogP contribution is 2.44. The van der Waals surface area contributed by atoms with Crippen LogP contribution in [0.25, 0.3) is 0 Å². The highest BCUT2D eigenvalue weighted by Gasteiger charge is 2.42. The van der Waals surface area contributed by atoms with Crippen LogP contribution < -0.4 is 0 Å². The smallest absolute Gasteiger partial charge is 0.388 e. The molecule has 1 aromatic carbocycles. The van der Waals surface area contributed by atoms with Crippen molar-refractivity contribution in [1.29, 1.82) is 0 Å². The molecule has 0 radical (unpaired) electrons. The lowest BCUT2D eigenvalue weighted by molar-refractivity contribution is -0.185. The monoisotopic (exact) mass is 310 g/mol. The van der Waals surface area contributed by atoms with Crippen LogP contribution in [0.1, 0.15) is 37.4 Å². The zero-order chi connectivity index (χ0) is 14.9. The lowest BCUT2D eigenvalue weighted by atomic mass is 9.77. The maximum absolute atomic E-state index is 13.2. The summed E-state index contributed by atoms with van der Waals surface area (Å²) in [5.74, 6) is -2.13. The summed E-state index contributed by atoms with van der Waals surface area (Å²) in [5, 5.41) is 10.4. The quantitative estimate of drug-likeness (QED) is 0.772. The van der Waals surface area contributed by atoms with Crippen molar-refractivity contribution in [2.24, 2.45) is 11.8 Å². The van der Waals surface area contributed by atoms with Crippen LogP contribution in [-0.2, 0) is 0 Å². The highest BCUT2D eigenvalue weighted by atomic mass is 35.5. The van der Waals surface area contributed by atoms with Gasteiger partial charge in [-0.1, -0.05) is 11.6 Å². The van der Waals surface area contributed by atoms with Crippen molar-refractivity contribution in [2.45, 2.75) is 38.0 Å². The molecule has 1 N–H and O–H groups in total. The van der Waals surface area contributed by atoms with Crippen LogP contribution in [0.2, 0.25) is 5.02 Å². The molecule has 0 heterocycles. The summed E-state index contributed by atoms with van der Waals surface area (Å²) in [5.41, 5.74) is 0.252. The summed E-state index contributed by atoms with van der Waals surface area (Å²) in [6.07, 6.45) is -4.67. The Morgan fingerprint density at radius 2 is 1.75 bits per heavy atom. The van der Waals surface area contributed by atoms with Crippen LogP contribution in [-0.4, -0.2) is 11.3 Å². The van der Waals surface area contributed by atoms with Gasteiger partial charge < -0.3 is 5.11 Å². The molecule has 1 aliphatic carbocycles. The van der Waals surface area contributed by atoms with Gasteiger partial charge in [0.15, 0.2) is 0 Å².